The number of ether oxygens (including phenoxy) is 1. The van der Waals surface area contributed by atoms with Gasteiger partial charge in [0.15, 0.2) is 5.78 Å². The lowest BCUT2D eigenvalue weighted by atomic mass is 10.0. The predicted molar refractivity (Wildman–Crippen MR) is 90.8 cm³/mol. The first-order chi connectivity index (χ1) is 11.0. The zero-order valence-corrected chi connectivity index (χ0v) is 13.4. The lowest BCUT2D eigenvalue weighted by molar-refractivity contribution is 0.0600. The molecule has 0 saturated heterocycles. The van der Waals surface area contributed by atoms with Gasteiger partial charge in [0.2, 0.25) is 0 Å². The summed E-state index contributed by atoms with van der Waals surface area (Å²) in [7, 11) is 1.34. The Hall–Kier alpha value is -2.88. The second-order valence-electron chi connectivity index (χ2n) is 5.21. The van der Waals surface area contributed by atoms with E-state index < -0.39 is 5.97 Å². The van der Waals surface area contributed by atoms with Crippen LogP contribution in [0.5, 0.6) is 0 Å². The maximum atomic E-state index is 12.1. The molecule has 2 aromatic rings. The van der Waals surface area contributed by atoms with Crippen molar-refractivity contribution >= 4 is 17.4 Å². The standard InChI is InChI=1S/C19H19NO3/c1-13-7-8-15(11-14(13)2)18(21)9-10-20-17-6-4-5-16(12-17)19(22)23-3/h4-12,20H,1-3H3/b10-9+. The van der Waals surface area contributed by atoms with E-state index in [-0.39, 0.29) is 5.78 Å². The van der Waals surface area contributed by atoms with Crippen molar-refractivity contribution in [3.8, 4) is 0 Å². The summed E-state index contributed by atoms with van der Waals surface area (Å²) in [5.41, 5.74) is 4.05. The number of nitrogens with one attached hydrogen (secondary N) is 1. The highest BCUT2D eigenvalue weighted by atomic mass is 16.5. The molecule has 2 aromatic carbocycles. The zero-order valence-electron chi connectivity index (χ0n) is 13.4. The van der Waals surface area contributed by atoms with Gasteiger partial charge < -0.3 is 10.1 Å². The van der Waals surface area contributed by atoms with Crippen molar-refractivity contribution < 1.29 is 14.3 Å². The smallest absolute Gasteiger partial charge is 0.337 e. The SMILES string of the molecule is COC(=O)c1cccc(N/C=C/C(=O)c2ccc(C)c(C)c2)c1. The van der Waals surface area contributed by atoms with Gasteiger partial charge in [-0.15, -0.1) is 0 Å². The molecule has 1 N–H and O–H groups in total. The van der Waals surface area contributed by atoms with Gasteiger partial charge in [0, 0.05) is 23.5 Å². The van der Waals surface area contributed by atoms with Gasteiger partial charge in [-0.25, -0.2) is 4.79 Å². The Labute approximate surface area is 135 Å². The molecule has 0 aliphatic heterocycles. The number of carbonyl (C=O) groups excluding carboxylic acids is 2. The summed E-state index contributed by atoms with van der Waals surface area (Å²) in [6, 6.07) is 12.5. The topological polar surface area (TPSA) is 55.4 Å². The van der Waals surface area contributed by atoms with Crippen molar-refractivity contribution in [3.63, 3.8) is 0 Å². The first-order valence-corrected chi connectivity index (χ1v) is 7.24. The summed E-state index contributed by atoms with van der Waals surface area (Å²) in [5.74, 6) is -0.478. The van der Waals surface area contributed by atoms with Crippen LogP contribution < -0.4 is 5.32 Å². The van der Waals surface area contributed by atoms with E-state index in [4.69, 9.17) is 0 Å². The average molecular weight is 309 g/mol. The average Bonchev–Trinajstić information content (AvgIpc) is 2.56. The molecule has 0 unspecified atom stereocenters. The van der Waals surface area contributed by atoms with E-state index in [0.29, 0.717) is 16.8 Å². The fraction of sp³-hybridized carbons (Fsp3) is 0.158. The highest BCUT2D eigenvalue weighted by molar-refractivity contribution is 6.04. The molecule has 0 saturated carbocycles. The summed E-state index contributed by atoms with van der Waals surface area (Å²) >= 11 is 0. The molecule has 2 rings (SSSR count). The normalized spacial score (nSPS) is 10.6. The van der Waals surface area contributed by atoms with Gasteiger partial charge in [-0.1, -0.05) is 18.2 Å². The van der Waals surface area contributed by atoms with Gasteiger partial charge in [-0.2, -0.15) is 0 Å². The van der Waals surface area contributed by atoms with Crippen LogP contribution in [-0.2, 0) is 4.74 Å². The number of carbonyl (C=O) groups is 2. The molecule has 4 heteroatoms. The molecule has 0 atom stereocenters. The molecule has 0 aliphatic rings. The van der Waals surface area contributed by atoms with Crippen molar-refractivity contribution in [1.29, 1.82) is 0 Å². The van der Waals surface area contributed by atoms with Crippen molar-refractivity contribution in [1.82, 2.24) is 0 Å². The van der Waals surface area contributed by atoms with Crippen molar-refractivity contribution in [3.05, 3.63) is 77.0 Å². The minimum Gasteiger partial charge on any atom is -0.465 e. The van der Waals surface area contributed by atoms with Crippen LogP contribution in [0.4, 0.5) is 5.69 Å². The van der Waals surface area contributed by atoms with Crippen LogP contribution in [0.2, 0.25) is 0 Å². The Morgan fingerprint density at radius 2 is 1.78 bits per heavy atom. The maximum absolute atomic E-state index is 12.1. The Bertz CT molecular complexity index is 763. The van der Waals surface area contributed by atoms with E-state index in [1.807, 2.05) is 32.0 Å². The van der Waals surface area contributed by atoms with E-state index in [0.717, 1.165) is 11.1 Å². The van der Waals surface area contributed by atoms with E-state index in [1.165, 1.54) is 13.2 Å². The van der Waals surface area contributed by atoms with Gasteiger partial charge in [0.05, 0.1) is 12.7 Å². The number of benzene rings is 2. The number of hydrogen-bond donors (Lipinski definition) is 1. The summed E-state index contributed by atoms with van der Waals surface area (Å²) in [6.07, 6.45) is 3.03. The number of rotatable bonds is 5. The Morgan fingerprint density at radius 3 is 2.48 bits per heavy atom. The third kappa shape index (κ3) is 4.30. The Morgan fingerprint density at radius 1 is 1.00 bits per heavy atom. The first-order valence-electron chi connectivity index (χ1n) is 7.24. The number of methoxy groups -OCH3 is 1. The molecule has 0 bridgehead atoms. The quantitative estimate of drug-likeness (QED) is 0.517. The van der Waals surface area contributed by atoms with Crippen LogP contribution in [0.1, 0.15) is 31.8 Å². The fourth-order valence-corrected chi connectivity index (χ4v) is 2.06. The Balaban J connectivity index is 2.05. The lowest BCUT2D eigenvalue weighted by Gasteiger charge is -2.04. The van der Waals surface area contributed by atoms with Crippen LogP contribution in [0.3, 0.4) is 0 Å². The predicted octanol–water partition coefficient (Wildman–Crippen LogP) is 3.90. The summed E-state index contributed by atoms with van der Waals surface area (Å²) in [5, 5.41) is 2.98. The van der Waals surface area contributed by atoms with Gasteiger partial charge >= 0.3 is 5.97 Å². The third-order valence-electron chi connectivity index (χ3n) is 3.56. The second-order valence-corrected chi connectivity index (χ2v) is 5.21. The van der Waals surface area contributed by atoms with Crippen molar-refractivity contribution in [2.45, 2.75) is 13.8 Å². The molecule has 0 fully saturated rings. The molecule has 0 heterocycles. The molecule has 4 nitrogen and oxygen atoms in total. The maximum Gasteiger partial charge on any atom is 0.337 e. The lowest BCUT2D eigenvalue weighted by Crippen LogP contribution is -2.02. The minimum atomic E-state index is -0.399. The molecular formula is C19H19NO3. The molecule has 0 radical (unpaired) electrons. The summed E-state index contributed by atoms with van der Waals surface area (Å²) in [4.78, 5) is 23.6. The highest BCUT2D eigenvalue weighted by Crippen LogP contribution is 2.13. The third-order valence-corrected chi connectivity index (χ3v) is 3.56. The summed E-state index contributed by atoms with van der Waals surface area (Å²) in [6.45, 7) is 3.99. The largest absolute Gasteiger partial charge is 0.465 e. The van der Waals surface area contributed by atoms with E-state index >= 15 is 0 Å². The van der Waals surface area contributed by atoms with E-state index in [2.05, 4.69) is 10.1 Å². The van der Waals surface area contributed by atoms with E-state index in [9.17, 15) is 9.59 Å². The molecule has 118 valence electrons. The number of ketones is 1. The molecule has 23 heavy (non-hydrogen) atoms. The number of aryl methyl sites for hydroxylation is 2. The second kappa shape index (κ2) is 7.40. The van der Waals surface area contributed by atoms with Crippen molar-refractivity contribution in [2.75, 3.05) is 12.4 Å². The summed E-state index contributed by atoms with van der Waals surface area (Å²) < 4.78 is 4.67. The number of allylic oxidation sites excluding steroid dienone is 1. The van der Waals surface area contributed by atoms with E-state index in [1.54, 1.807) is 30.5 Å². The molecule has 0 aliphatic carbocycles. The highest BCUT2D eigenvalue weighted by Gasteiger charge is 2.05. The van der Waals surface area contributed by atoms with Crippen LogP contribution in [-0.4, -0.2) is 18.9 Å². The zero-order chi connectivity index (χ0) is 16.8. The molecule has 0 aromatic heterocycles. The van der Waals surface area contributed by atoms with Crippen LogP contribution in [0.15, 0.2) is 54.7 Å². The van der Waals surface area contributed by atoms with Gasteiger partial charge in [-0.05, 0) is 49.2 Å². The van der Waals surface area contributed by atoms with Gasteiger partial charge in [-0.3, -0.25) is 4.79 Å². The number of anilines is 1. The monoisotopic (exact) mass is 309 g/mol. The first kappa shape index (κ1) is 16.5. The number of hydrogen-bond acceptors (Lipinski definition) is 4. The molecule has 0 amide bonds. The number of esters is 1. The van der Waals surface area contributed by atoms with Crippen molar-refractivity contribution in [2.24, 2.45) is 0 Å². The van der Waals surface area contributed by atoms with Crippen LogP contribution in [0.25, 0.3) is 0 Å². The minimum absolute atomic E-state index is 0.0790. The Kier molecular flexibility index (Phi) is 5.31. The molecular weight excluding hydrogens is 290 g/mol. The fourth-order valence-electron chi connectivity index (χ4n) is 2.06. The van der Waals surface area contributed by atoms with Gasteiger partial charge in [0.1, 0.15) is 0 Å². The van der Waals surface area contributed by atoms with Gasteiger partial charge in [0.25, 0.3) is 0 Å². The van der Waals surface area contributed by atoms with Crippen LogP contribution >= 0.6 is 0 Å². The van der Waals surface area contributed by atoms with Crippen LogP contribution in [0, 0.1) is 13.8 Å². The molecule has 0 spiro atoms.